The molecule has 5 aromatic carbocycles. The van der Waals surface area contributed by atoms with Gasteiger partial charge in [-0.1, -0.05) is 218 Å². The van der Waals surface area contributed by atoms with Crippen LogP contribution in [0.3, 0.4) is 0 Å². The first kappa shape index (κ1) is 46.2. The Morgan fingerprint density at radius 3 is 0.847 bits per heavy atom. The molecule has 5 aromatic rings. The summed E-state index contributed by atoms with van der Waals surface area (Å²) in [5.41, 5.74) is 20.3. The van der Waals surface area contributed by atoms with Gasteiger partial charge >= 0.3 is 14.1 Å². The molecule has 0 aromatic heterocycles. The van der Waals surface area contributed by atoms with Crippen molar-refractivity contribution in [3.63, 3.8) is 0 Å². The van der Waals surface area contributed by atoms with Crippen LogP contribution in [0.5, 0.6) is 0 Å². The number of benzene rings is 5. The van der Waals surface area contributed by atoms with Crippen LogP contribution < -0.4 is 4.43 Å². The molecule has 0 spiro atoms. The van der Waals surface area contributed by atoms with Crippen LogP contribution in [0, 0.1) is 0 Å². The van der Waals surface area contributed by atoms with Crippen LogP contribution in [0.2, 0.25) is 0 Å². The molecule has 0 nitrogen and oxygen atoms in total. The van der Waals surface area contributed by atoms with E-state index in [4.69, 9.17) is 0 Å². The SMILES string of the molecule is CC(C)c1cc(C(C)C)c(-c2c(C(C)C)cc(C(C)C)c(-c3c(C(C)C)cc(C(C)C)cc3C(C)C)[c]2[Al](/[CH]=C/c2ccccc2)/[CH]=C/c2ccccc2)c(C(C)C)c1. The van der Waals surface area contributed by atoms with Crippen molar-refractivity contribution < 1.29 is 0 Å². The first-order valence-electron chi connectivity index (χ1n) is 23.0. The van der Waals surface area contributed by atoms with Gasteiger partial charge in [-0.05, 0) is 125 Å². The summed E-state index contributed by atoms with van der Waals surface area (Å²) in [6.45, 7) is 38.5. The Hall–Kier alpha value is -3.89. The summed E-state index contributed by atoms with van der Waals surface area (Å²) in [6, 6.07) is 34.9. The van der Waals surface area contributed by atoms with Crippen LogP contribution in [0.1, 0.15) is 214 Å². The zero-order chi connectivity index (χ0) is 43.3. The number of hydrogen-bond donors (Lipinski definition) is 0. The highest BCUT2D eigenvalue weighted by Crippen LogP contribution is 2.47. The van der Waals surface area contributed by atoms with Gasteiger partial charge in [0.2, 0.25) is 0 Å². The molecule has 0 bridgehead atoms. The summed E-state index contributed by atoms with van der Waals surface area (Å²) in [4.78, 5) is 5.29. The summed E-state index contributed by atoms with van der Waals surface area (Å²) >= 11 is -2.12. The van der Waals surface area contributed by atoms with Gasteiger partial charge < -0.3 is 0 Å². The van der Waals surface area contributed by atoms with Gasteiger partial charge in [0.05, 0.1) is 0 Å². The average molecular weight is 799 g/mol. The summed E-state index contributed by atoms with van der Waals surface area (Å²) in [5.74, 6) is 3.04. The van der Waals surface area contributed by atoms with Gasteiger partial charge in [0.25, 0.3) is 0 Å². The third-order valence-electron chi connectivity index (χ3n) is 12.4. The molecule has 0 saturated carbocycles. The molecule has 0 radical (unpaired) electrons. The predicted octanol–water partition coefficient (Wildman–Crippen LogP) is 17.2. The van der Waals surface area contributed by atoms with Gasteiger partial charge in [0.15, 0.2) is 0 Å². The molecule has 0 saturated heterocycles. The van der Waals surface area contributed by atoms with E-state index < -0.39 is 14.1 Å². The normalized spacial score (nSPS) is 12.5. The van der Waals surface area contributed by atoms with E-state index in [0.717, 1.165) is 0 Å². The minimum absolute atomic E-state index is 0.336. The lowest BCUT2D eigenvalue weighted by molar-refractivity contribution is 0.801. The lowest BCUT2D eigenvalue weighted by Crippen LogP contribution is -2.34. The van der Waals surface area contributed by atoms with Gasteiger partial charge in [0, 0.05) is 0 Å². The molecule has 0 N–H and O–H groups in total. The second-order valence-corrected chi connectivity index (χ2v) is 22.1. The van der Waals surface area contributed by atoms with Crippen LogP contribution in [0.4, 0.5) is 0 Å². The molecule has 0 aliphatic rings. The van der Waals surface area contributed by atoms with Crippen LogP contribution in [0.25, 0.3) is 34.4 Å². The Labute approximate surface area is 365 Å². The van der Waals surface area contributed by atoms with Gasteiger partial charge in [-0.25, -0.2) is 0 Å². The second-order valence-electron chi connectivity index (χ2n) is 19.7. The van der Waals surface area contributed by atoms with Crippen LogP contribution in [-0.2, 0) is 0 Å². The molecule has 310 valence electrons. The van der Waals surface area contributed by atoms with E-state index in [9.17, 15) is 0 Å². The molecule has 0 amide bonds. The Kier molecular flexibility index (Phi) is 15.7. The van der Waals surface area contributed by atoms with E-state index in [1.807, 2.05) is 0 Å². The highest BCUT2D eigenvalue weighted by Gasteiger charge is 2.34. The van der Waals surface area contributed by atoms with E-state index in [-0.39, 0.29) is 0 Å². The third-order valence-corrected chi connectivity index (χ3v) is 14.8. The first-order chi connectivity index (χ1) is 27.9. The fourth-order valence-corrected chi connectivity index (χ4v) is 11.5. The molecule has 59 heavy (non-hydrogen) atoms. The Bertz CT molecular complexity index is 2010. The number of rotatable bonds is 15. The maximum atomic E-state index is 2.67. The van der Waals surface area contributed by atoms with Gasteiger partial charge in [-0.3, -0.25) is 0 Å². The summed E-state index contributed by atoms with van der Waals surface area (Å²) in [7, 11) is 0. The van der Waals surface area contributed by atoms with Crippen molar-refractivity contribution in [3.05, 3.63) is 157 Å². The lowest BCUT2D eigenvalue weighted by Gasteiger charge is -2.34. The summed E-state index contributed by atoms with van der Waals surface area (Å²) < 4.78 is 1.58. The summed E-state index contributed by atoms with van der Waals surface area (Å²) in [5, 5.41) is 0. The molecule has 0 heterocycles. The Balaban J connectivity index is 2.18. The van der Waals surface area contributed by atoms with Crippen molar-refractivity contribution in [2.45, 2.75) is 158 Å². The molecule has 0 unspecified atom stereocenters. The van der Waals surface area contributed by atoms with Gasteiger partial charge in [0.1, 0.15) is 0 Å². The van der Waals surface area contributed by atoms with Crippen molar-refractivity contribution in [2.24, 2.45) is 0 Å². The monoisotopic (exact) mass is 799 g/mol. The highest BCUT2D eigenvalue weighted by molar-refractivity contribution is 6.85. The molecule has 0 aliphatic heterocycles. The Morgan fingerprint density at radius 1 is 0.322 bits per heavy atom. The van der Waals surface area contributed by atoms with Crippen LogP contribution in [-0.4, -0.2) is 14.1 Å². The highest BCUT2D eigenvalue weighted by atomic mass is 27.2. The van der Waals surface area contributed by atoms with E-state index in [1.165, 1.54) is 77.9 Å². The van der Waals surface area contributed by atoms with Crippen LogP contribution >= 0.6 is 0 Å². The van der Waals surface area contributed by atoms with E-state index in [2.05, 4.69) is 224 Å². The van der Waals surface area contributed by atoms with Gasteiger partial charge in [-0.2, -0.15) is 0 Å². The standard InChI is InChI=1S/C42H61.2C8H7.Al/c1-23(2)31-17-35(27(9)10)41(36(18-31)28(11)12)39-22-40(34(26(7)8)21-33(39)25(5)6)42-37(29(13)14)19-32(24(3)4)20-38(42)30(15)16;2*1-2-8-6-4-3-5-7-8;/h17-21,23-30H,1-16H3;2*1-7H;. The Morgan fingerprint density at radius 2 is 0.593 bits per heavy atom. The zero-order valence-electron chi connectivity index (χ0n) is 39.7. The first-order valence-corrected chi connectivity index (χ1v) is 24.9. The lowest BCUT2D eigenvalue weighted by atomic mass is 9.74. The van der Waals surface area contributed by atoms with E-state index in [1.54, 1.807) is 4.43 Å². The fourth-order valence-electron chi connectivity index (χ4n) is 8.85. The molecule has 1 heteroatoms. The molecule has 0 aliphatic carbocycles. The molecule has 0 atom stereocenters. The average Bonchev–Trinajstić information content (AvgIpc) is 3.19. The topological polar surface area (TPSA) is 0 Å². The predicted molar refractivity (Wildman–Crippen MR) is 266 cm³/mol. The maximum Gasteiger partial charge on any atom is 0.369 e. The van der Waals surface area contributed by atoms with Crippen molar-refractivity contribution in [1.29, 1.82) is 0 Å². The largest absolute Gasteiger partial charge is 0.369 e. The summed E-state index contributed by atoms with van der Waals surface area (Å²) in [6.07, 6.45) is 4.86. The molecular formula is C58H75Al. The van der Waals surface area contributed by atoms with Crippen molar-refractivity contribution in [2.75, 3.05) is 0 Å². The molecule has 0 fully saturated rings. The molecular weight excluding hydrogens is 724 g/mol. The molecule has 5 rings (SSSR count). The smallest absolute Gasteiger partial charge is 0.135 e. The third kappa shape index (κ3) is 10.5. The fraction of sp³-hybridized carbons (Fsp3) is 0.414. The van der Waals surface area contributed by atoms with Crippen LogP contribution in [0.15, 0.2) is 101 Å². The maximum absolute atomic E-state index is 2.67. The van der Waals surface area contributed by atoms with E-state index in [0.29, 0.717) is 47.3 Å². The van der Waals surface area contributed by atoms with E-state index >= 15 is 0 Å². The quantitative estimate of drug-likeness (QED) is 0.0926. The number of hydrogen-bond acceptors (Lipinski definition) is 0. The van der Waals surface area contributed by atoms with Crippen molar-refractivity contribution in [3.8, 4) is 22.3 Å². The second kappa shape index (κ2) is 20.1. The van der Waals surface area contributed by atoms with Gasteiger partial charge in [-0.15, -0.1) is 9.88 Å². The zero-order valence-corrected chi connectivity index (χ0v) is 40.8. The minimum atomic E-state index is -2.12. The van der Waals surface area contributed by atoms with Crippen molar-refractivity contribution in [1.82, 2.24) is 0 Å². The van der Waals surface area contributed by atoms with Crippen molar-refractivity contribution >= 4 is 30.7 Å². The minimum Gasteiger partial charge on any atom is -0.135 e.